The third-order valence-corrected chi connectivity index (χ3v) is 3.71. The molecule has 0 aliphatic rings. The molecule has 21 heavy (non-hydrogen) atoms. The molecule has 6 heteroatoms. The van der Waals surface area contributed by atoms with E-state index in [1.54, 1.807) is 43.1 Å². The van der Waals surface area contributed by atoms with Gasteiger partial charge in [-0.25, -0.2) is 0 Å². The highest BCUT2D eigenvalue weighted by Crippen LogP contribution is 2.12. The molecule has 0 spiro atoms. The number of hydrogen-bond acceptors (Lipinski definition) is 5. The molecule has 0 heterocycles. The Bertz CT molecular complexity index is 461. The molecule has 0 aliphatic carbocycles. The number of Topliss-reactive ketones (excluding diaryl/α,β-unsaturated/α-hetero) is 1. The number of ether oxygens (including phenoxy) is 1. The first-order valence-electron chi connectivity index (χ1n) is 6.71. The zero-order valence-corrected chi connectivity index (χ0v) is 13.1. The van der Waals surface area contributed by atoms with Crippen LogP contribution in [0.1, 0.15) is 23.2 Å². The number of carbonyl (C=O) groups excluding carboxylic acids is 1. The van der Waals surface area contributed by atoms with Gasteiger partial charge >= 0.3 is 5.97 Å². The third-order valence-electron chi connectivity index (χ3n) is 3.06. The number of methoxy groups -OCH3 is 1. The van der Waals surface area contributed by atoms with Gasteiger partial charge in [0.25, 0.3) is 0 Å². The Morgan fingerprint density at radius 3 is 2.52 bits per heavy atom. The molecule has 0 amide bonds. The van der Waals surface area contributed by atoms with Gasteiger partial charge in [0, 0.05) is 18.5 Å². The predicted octanol–water partition coefficient (Wildman–Crippen LogP) is 2.06. The number of rotatable bonds is 10. The molecule has 0 bridgehead atoms. The number of carboxylic acids is 1. The molecule has 0 unspecified atom stereocenters. The molecule has 1 aromatic rings. The lowest BCUT2D eigenvalue weighted by Gasteiger charge is -2.13. The summed E-state index contributed by atoms with van der Waals surface area (Å²) in [5, 5.41) is 12.0. The van der Waals surface area contributed by atoms with Crippen molar-refractivity contribution >= 4 is 23.5 Å². The van der Waals surface area contributed by atoms with Crippen molar-refractivity contribution in [2.75, 3.05) is 25.7 Å². The molecule has 0 aliphatic heterocycles. The highest BCUT2D eigenvalue weighted by molar-refractivity contribution is 7.98. The lowest BCUT2D eigenvalue weighted by atomic mass is 10.1. The molecule has 0 saturated carbocycles. The first-order chi connectivity index (χ1) is 10.1. The highest BCUT2D eigenvalue weighted by atomic mass is 32.2. The summed E-state index contributed by atoms with van der Waals surface area (Å²) in [5.41, 5.74) is 0.605. The van der Waals surface area contributed by atoms with Crippen LogP contribution in [-0.4, -0.2) is 48.6 Å². The van der Waals surface area contributed by atoms with Gasteiger partial charge in [0.05, 0.1) is 7.11 Å². The quantitative estimate of drug-likeness (QED) is 0.644. The summed E-state index contributed by atoms with van der Waals surface area (Å²) in [5.74, 6) is 0.587. The summed E-state index contributed by atoms with van der Waals surface area (Å²) in [7, 11) is 1.57. The van der Waals surface area contributed by atoms with Gasteiger partial charge in [-0.15, -0.1) is 0 Å². The monoisotopic (exact) mass is 311 g/mol. The van der Waals surface area contributed by atoms with Crippen molar-refractivity contribution in [3.63, 3.8) is 0 Å². The molecule has 2 N–H and O–H groups in total. The highest BCUT2D eigenvalue weighted by Gasteiger charge is 2.16. The SMILES string of the molecule is COc1ccc(C(=O)CCN[C@H](CCSC)C(=O)O)cc1. The van der Waals surface area contributed by atoms with Gasteiger partial charge in [-0.05, 0) is 42.7 Å². The molecular weight excluding hydrogens is 290 g/mol. The molecule has 1 aromatic carbocycles. The number of aliphatic carboxylic acids is 1. The van der Waals surface area contributed by atoms with Crippen molar-refractivity contribution in [1.82, 2.24) is 5.32 Å². The lowest BCUT2D eigenvalue weighted by molar-refractivity contribution is -0.139. The molecule has 0 saturated heterocycles. The Morgan fingerprint density at radius 1 is 1.33 bits per heavy atom. The minimum atomic E-state index is -0.874. The Hall–Kier alpha value is -1.53. The Labute approximate surface area is 129 Å². The molecule has 1 atom stereocenters. The number of benzene rings is 1. The van der Waals surface area contributed by atoms with Gasteiger partial charge in [0.2, 0.25) is 0 Å². The maximum Gasteiger partial charge on any atom is 0.320 e. The van der Waals surface area contributed by atoms with Gasteiger partial charge in [0.15, 0.2) is 5.78 Å². The number of nitrogens with one attached hydrogen (secondary N) is 1. The minimum absolute atomic E-state index is 0.0147. The first kappa shape index (κ1) is 17.5. The molecule has 5 nitrogen and oxygen atoms in total. The van der Waals surface area contributed by atoms with Gasteiger partial charge in [-0.2, -0.15) is 11.8 Å². The predicted molar refractivity (Wildman–Crippen MR) is 84.4 cm³/mol. The fourth-order valence-corrected chi connectivity index (χ4v) is 2.30. The van der Waals surface area contributed by atoms with Crippen molar-refractivity contribution in [3.8, 4) is 5.75 Å². The second-order valence-corrected chi connectivity index (χ2v) is 5.51. The van der Waals surface area contributed by atoms with E-state index in [-0.39, 0.29) is 12.2 Å². The minimum Gasteiger partial charge on any atom is -0.497 e. The van der Waals surface area contributed by atoms with E-state index in [4.69, 9.17) is 9.84 Å². The summed E-state index contributed by atoms with van der Waals surface area (Å²) >= 11 is 1.61. The Morgan fingerprint density at radius 2 is 2.00 bits per heavy atom. The van der Waals surface area contributed by atoms with Crippen LogP contribution in [0.4, 0.5) is 0 Å². The van der Waals surface area contributed by atoms with E-state index in [1.807, 2.05) is 6.26 Å². The van der Waals surface area contributed by atoms with E-state index in [9.17, 15) is 9.59 Å². The van der Waals surface area contributed by atoms with Crippen LogP contribution in [0.15, 0.2) is 24.3 Å². The summed E-state index contributed by atoms with van der Waals surface area (Å²) < 4.78 is 5.03. The van der Waals surface area contributed by atoms with Gasteiger partial charge < -0.3 is 15.2 Å². The number of ketones is 1. The summed E-state index contributed by atoms with van der Waals surface area (Å²) in [4.78, 5) is 23.0. The van der Waals surface area contributed by atoms with E-state index >= 15 is 0 Å². The van der Waals surface area contributed by atoms with Crippen molar-refractivity contribution in [1.29, 1.82) is 0 Å². The van der Waals surface area contributed by atoms with Crippen LogP contribution in [0.3, 0.4) is 0 Å². The van der Waals surface area contributed by atoms with Gasteiger partial charge in [0.1, 0.15) is 11.8 Å². The Kier molecular flexibility index (Phi) is 7.85. The van der Waals surface area contributed by atoms with Crippen LogP contribution in [0.25, 0.3) is 0 Å². The number of carboxylic acid groups (broad SMARTS) is 1. The standard InChI is InChI=1S/C15H21NO4S/c1-20-12-5-3-11(4-6-12)14(17)7-9-16-13(15(18)19)8-10-21-2/h3-6,13,16H,7-10H2,1-2H3,(H,18,19)/t13-/m1/s1. The summed E-state index contributed by atoms with van der Waals surface area (Å²) in [6.07, 6.45) is 2.76. The van der Waals surface area contributed by atoms with E-state index < -0.39 is 12.0 Å². The molecule has 1 rings (SSSR count). The van der Waals surface area contributed by atoms with Crippen LogP contribution in [0.2, 0.25) is 0 Å². The van der Waals surface area contributed by atoms with Crippen LogP contribution >= 0.6 is 11.8 Å². The van der Waals surface area contributed by atoms with Crippen LogP contribution in [0, 0.1) is 0 Å². The molecule has 0 aromatic heterocycles. The Balaban J connectivity index is 2.42. The first-order valence-corrected chi connectivity index (χ1v) is 8.10. The van der Waals surface area contributed by atoms with Crippen molar-refractivity contribution in [2.45, 2.75) is 18.9 Å². The maximum atomic E-state index is 12.0. The van der Waals surface area contributed by atoms with Gasteiger partial charge in [-0.1, -0.05) is 0 Å². The molecule has 0 radical (unpaired) electrons. The fourth-order valence-electron chi connectivity index (χ4n) is 1.83. The zero-order valence-electron chi connectivity index (χ0n) is 12.3. The van der Waals surface area contributed by atoms with Crippen molar-refractivity contribution in [2.24, 2.45) is 0 Å². The van der Waals surface area contributed by atoms with E-state index in [0.29, 0.717) is 24.3 Å². The van der Waals surface area contributed by atoms with Crippen molar-refractivity contribution in [3.05, 3.63) is 29.8 Å². The van der Waals surface area contributed by atoms with Crippen molar-refractivity contribution < 1.29 is 19.4 Å². The van der Waals surface area contributed by atoms with Crippen LogP contribution in [-0.2, 0) is 4.79 Å². The largest absolute Gasteiger partial charge is 0.497 e. The van der Waals surface area contributed by atoms with Gasteiger partial charge in [-0.3, -0.25) is 9.59 Å². The normalized spacial score (nSPS) is 11.9. The molecule has 0 fully saturated rings. The number of hydrogen-bond donors (Lipinski definition) is 2. The third kappa shape index (κ3) is 6.18. The van der Waals surface area contributed by atoms with E-state index in [0.717, 1.165) is 5.75 Å². The average molecular weight is 311 g/mol. The lowest BCUT2D eigenvalue weighted by Crippen LogP contribution is -2.38. The maximum absolute atomic E-state index is 12.0. The summed E-state index contributed by atoms with van der Waals surface area (Å²) in [6.45, 7) is 0.357. The van der Waals surface area contributed by atoms with E-state index in [2.05, 4.69) is 5.32 Å². The molecular formula is C15H21NO4S. The number of thioether (sulfide) groups is 1. The zero-order chi connectivity index (χ0) is 15.7. The summed E-state index contributed by atoms with van der Waals surface area (Å²) in [6, 6.07) is 6.30. The van der Waals surface area contributed by atoms with Crippen LogP contribution < -0.4 is 10.1 Å². The number of carbonyl (C=O) groups is 2. The molecule has 116 valence electrons. The second-order valence-electron chi connectivity index (χ2n) is 4.53. The average Bonchev–Trinajstić information content (AvgIpc) is 2.50. The van der Waals surface area contributed by atoms with Crippen LogP contribution in [0.5, 0.6) is 5.75 Å². The second kappa shape index (κ2) is 9.41. The smallest absolute Gasteiger partial charge is 0.320 e. The van der Waals surface area contributed by atoms with E-state index in [1.165, 1.54) is 0 Å². The fraction of sp³-hybridized carbons (Fsp3) is 0.467. The topological polar surface area (TPSA) is 75.6 Å².